The topological polar surface area (TPSA) is 83.0 Å². The first-order valence-corrected chi connectivity index (χ1v) is 8.67. The fourth-order valence-electron chi connectivity index (χ4n) is 4.12. The Labute approximate surface area is 146 Å². The van der Waals surface area contributed by atoms with E-state index in [1.165, 1.54) is 12.7 Å². The van der Waals surface area contributed by atoms with Crippen molar-refractivity contribution in [2.24, 2.45) is 5.73 Å². The van der Waals surface area contributed by atoms with Gasteiger partial charge in [-0.25, -0.2) is 14.8 Å². The summed E-state index contributed by atoms with van der Waals surface area (Å²) in [5.74, 6) is 0. The highest BCUT2D eigenvalue weighted by molar-refractivity contribution is 6.33. The number of rotatable bonds is 4. The van der Waals surface area contributed by atoms with Crippen molar-refractivity contribution in [2.75, 3.05) is 0 Å². The number of ether oxygens (including phenoxy) is 1. The molecule has 6 nitrogen and oxygen atoms in total. The highest BCUT2D eigenvalue weighted by atomic mass is 35.5. The summed E-state index contributed by atoms with van der Waals surface area (Å²) in [7, 11) is 0. The van der Waals surface area contributed by atoms with Gasteiger partial charge in [-0.05, 0) is 32.8 Å². The van der Waals surface area contributed by atoms with Gasteiger partial charge in [-0.2, -0.15) is 0 Å². The first-order chi connectivity index (χ1) is 11.3. The highest BCUT2D eigenvalue weighted by Gasteiger charge is 2.41. The van der Waals surface area contributed by atoms with Crippen molar-refractivity contribution in [1.82, 2.24) is 14.5 Å². The van der Waals surface area contributed by atoms with E-state index >= 15 is 0 Å². The van der Waals surface area contributed by atoms with Crippen molar-refractivity contribution in [2.45, 2.75) is 63.5 Å². The molecule has 2 N–H and O–H groups in total. The molecule has 2 aromatic heterocycles. The fourth-order valence-corrected chi connectivity index (χ4v) is 4.31. The summed E-state index contributed by atoms with van der Waals surface area (Å²) in [6.45, 7) is 3.81. The normalized spacial score (nSPS) is 17.8. The van der Waals surface area contributed by atoms with E-state index in [9.17, 15) is 4.79 Å². The van der Waals surface area contributed by atoms with Crippen molar-refractivity contribution >= 4 is 28.7 Å². The first kappa shape index (κ1) is 17.0. The Morgan fingerprint density at radius 3 is 2.75 bits per heavy atom. The number of fused-ring (bicyclic) bond motifs is 1. The van der Waals surface area contributed by atoms with Gasteiger partial charge in [-0.15, -0.1) is 0 Å². The molecule has 0 unspecified atom stereocenters. The minimum atomic E-state index is -0.742. The SMILES string of the molecule is CC(C)(CC1(n2ccc3c(Cl)ncnc32)CCCCC1)OC(N)=O. The van der Waals surface area contributed by atoms with Gasteiger partial charge in [-0.3, -0.25) is 0 Å². The molecule has 1 aliphatic carbocycles. The average molecular weight is 351 g/mol. The molecular weight excluding hydrogens is 328 g/mol. The molecule has 7 heteroatoms. The van der Waals surface area contributed by atoms with Crippen LogP contribution in [0.15, 0.2) is 18.6 Å². The van der Waals surface area contributed by atoms with E-state index in [0.717, 1.165) is 36.7 Å². The Morgan fingerprint density at radius 1 is 1.38 bits per heavy atom. The molecule has 0 spiro atoms. The number of halogens is 1. The summed E-state index contributed by atoms with van der Waals surface area (Å²) in [4.78, 5) is 19.8. The number of hydrogen-bond donors (Lipinski definition) is 1. The number of aromatic nitrogens is 3. The van der Waals surface area contributed by atoms with Gasteiger partial charge in [0.05, 0.1) is 5.39 Å². The number of nitrogens with two attached hydrogens (primary N) is 1. The second-order valence-corrected chi connectivity index (χ2v) is 7.59. The Kier molecular flexibility index (Phi) is 4.42. The monoisotopic (exact) mass is 350 g/mol. The number of carbonyl (C=O) groups excluding carboxylic acids is 1. The van der Waals surface area contributed by atoms with Crippen LogP contribution in [0.1, 0.15) is 52.4 Å². The molecule has 0 radical (unpaired) electrons. The number of nitrogens with zero attached hydrogens (tertiary/aromatic N) is 3. The van der Waals surface area contributed by atoms with Crippen LogP contribution in [0.4, 0.5) is 4.79 Å². The Morgan fingerprint density at radius 2 is 2.08 bits per heavy atom. The van der Waals surface area contributed by atoms with Gasteiger partial charge in [0.15, 0.2) is 0 Å². The van der Waals surface area contributed by atoms with E-state index in [1.807, 2.05) is 26.1 Å². The molecule has 3 rings (SSSR count). The predicted octanol–water partition coefficient (Wildman–Crippen LogP) is 4.01. The molecule has 1 amide bonds. The summed E-state index contributed by atoms with van der Waals surface area (Å²) >= 11 is 6.21. The summed E-state index contributed by atoms with van der Waals surface area (Å²) in [5, 5.41) is 1.30. The van der Waals surface area contributed by atoms with Gasteiger partial charge in [-0.1, -0.05) is 30.9 Å². The lowest BCUT2D eigenvalue weighted by atomic mass is 9.75. The van der Waals surface area contributed by atoms with Crippen LogP contribution in [0.2, 0.25) is 5.15 Å². The van der Waals surface area contributed by atoms with Crippen molar-refractivity contribution in [3.8, 4) is 0 Å². The summed E-state index contributed by atoms with van der Waals surface area (Å²) in [6.07, 6.45) is 8.93. The van der Waals surface area contributed by atoms with Crippen LogP contribution in [0.25, 0.3) is 11.0 Å². The number of primary amides is 1. The van der Waals surface area contributed by atoms with E-state index in [-0.39, 0.29) is 5.54 Å². The first-order valence-electron chi connectivity index (χ1n) is 8.30. The van der Waals surface area contributed by atoms with Crippen LogP contribution in [-0.4, -0.2) is 26.2 Å². The second kappa shape index (κ2) is 6.24. The zero-order chi connectivity index (χ0) is 17.4. The zero-order valence-electron chi connectivity index (χ0n) is 14.1. The van der Waals surface area contributed by atoms with Crippen LogP contribution >= 0.6 is 11.6 Å². The molecule has 1 saturated carbocycles. The number of amides is 1. The van der Waals surface area contributed by atoms with Gasteiger partial charge in [0, 0.05) is 18.2 Å². The largest absolute Gasteiger partial charge is 0.444 e. The molecule has 1 fully saturated rings. The molecule has 0 aromatic carbocycles. The molecule has 0 saturated heterocycles. The molecule has 0 bridgehead atoms. The van der Waals surface area contributed by atoms with Crippen molar-refractivity contribution < 1.29 is 9.53 Å². The third-order valence-electron chi connectivity index (χ3n) is 4.86. The second-order valence-electron chi connectivity index (χ2n) is 7.23. The summed E-state index contributed by atoms with van der Waals surface area (Å²) in [5.41, 5.74) is 5.25. The highest BCUT2D eigenvalue weighted by Crippen LogP contribution is 2.43. The maximum absolute atomic E-state index is 11.3. The van der Waals surface area contributed by atoms with Crippen LogP contribution in [0.3, 0.4) is 0 Å². The van der Waals surface area contributed by atoms with Crippen LogP contribution in [-0.2, 0) is 10.3 Å². The minimum Gasteiger partial charge on any atom is -0.444 e. The Bertz CT molecular complexity index is 750. The molecule has 130 valence electrons. The van der Waals surface area contributed by atoms with Gasteiger partial charge in [0.2, 0.25) is 0 Å². The average Bonchev–Trinajstić information content (AvgIpc) is 2.92. The summed E-state index contributed by atoms with van der Waals surface area (Å²) in [6, 6.07) is 1.95. The standard InChI is InChI=1S/C17H23ClN4O2/c1-16(2,24-15(19)23)10-17(7-4-3-5-8-17)22-9-6-12-13(18)20-11-21-14(12)22/h6,9,11H,3-5,7-8,10H2,1-2H3,(H2,19,23). The quantitative estimate of drug-likeness (QED) is 0.844. The van der Waals surface area contributed by atoms with Crippen molar-refractivity contribution in [3.63, 3.8) is 0 Å². The van der Waals surface area contributed by atoms with Crippen molar-refractivity contribution in [1.29, 1.82) is 0 Å². The van der Waals surface area contributed by atoms with Gasteiger partial charge < -0.3 is 15.0 Å². The molecule has 2 aromatic rings. The molecular formula is C17H23ClN4O2. The Hall–Kier alpha value is -1.82. The van der Waals surface area contributed by atoms with Crippen molar-refractivity contribution in [3.05, 3.63) is 23.7 Å². The maximum Gasteiger partial charge on any atom is 0.405 e. The zero-order valence-corrected chi connectivity index (χ0v) is 14.8. The minimum absolute atomic E-state index is 0.170. The van der Waals surface area contributed by atoms with Gasteiger partial charge >= 0.3 is 6.09 Å². The van der Waals surface area contributed by atoms with E-state index in [2.05, 4.69) is 14.5 Å². The smallest absolute Gasteiger partial charge is 0.405 e. The third kappa shape index (κ3) is 3.20. The van der Waals surface area contributed by atoms with Crippen LogP contribution < -0.4 is 5.73 Å². The maximum atomic E-state index is 11.3. The third-order valence-corrected chi connectivity index (χ3v) is 5.16. The van der Waals surface area contributed by atoms with Gasteiger partial charge in [0.1, 0.15) is 22.7 Å². The number of carbonyl (C=O) groups is 1. The number of hydrogen-bond acceptors (Lipinski definition) is 4. The fraction of sp³-hybridized carbons (Fsp3) is 0.588. The molecule has 0 aliphatic heterocycles. The van der Waals surface area contributed by atoms with E-state index in [1.54, 1.807) is 0 Å². The van der Waals surface area contributed by atoms with Crippen LogP contribution in [0, 0.1) is 0 Å². The summed E-state index contributed by atoms with van der Waals surface area (Å²) < 4.78 is 7.56. The lowest BCUT2D eigenvalue weighted by molar-refractivity contribution is -0.00256. The van der Waals surface area contributed by atoms with Gasteiger partial charge in [0.25, 0.3) is 0 Å². The predicted molar refractivity (Wildman–Crippen MR) is 93.0 cm³/mol. The molecule has 24 heavy (non-hydrogen) atoms. The molecule has 1 aliphatic rings. The Balaban J connectivity index is 2.05. The van der Waals surface area contributed by atoms with E-state index in [0.29, 0.717) is 11.6 Å². The van der Waals surface area contributed by atoms with E-state index < -0.39 is 11.7 Å². The lowest BCUT2D eigenvalue weighted by Gasteiger charge is -2.43. The van der Waals surface area contributed by atoms with E-state index in [4.69, 9.17) is 22.1 Å². The molecule has 0 atom stereocenters. The molecule has 2 heterocycles. The van der Waals surface area contributed by atoms with Crippen LogP contribution in [0.5, 0.6) is 0 Å². The lowest BCUT2D eigenvalue weighted by Crippen LogP contribution is -2.44.